The summed E-state index contributed by atoms with van der Waals surface area (Å²) in [7, 11) is 1.98. The number of aryl methyl sites for hydroxylation is 1. The molecule has 0 spiro atoms. The van der Waals surface area contributed by atoms with Crippen molar-refractivity contribution < 1.29 is 9.79 Å². The van der Waals surface area contributed by atoms with Crippen molar-refractivity contribution in [2.75, 3.05) is 6.61 Å². The van der Waals surface area contributed by atoms with Crippen LogP contribution in [-0.2, 0) is 13.6 Å². The van der Waals surface area contributed by atoms with E-state index in [1.54, 1.807) is 0 Å². The molecule has 1 aromatic rings. The van der Waals surface area contributed by atoms with Gasteiger partial charge in [-0.3, -0.25) is 0 Å². The number of aliphatic hydroxyl groups excluding tert-OH is 1. The van der Waals surface area contributed by atoms with Gasteiger partial charge in [0, 0.05) is 23.5 Å². The van der Waals surface area contributed by atoms with E-state index < -0.39 is 0 Å². The topological polar surface area (TPSA) is 41.9 Å². The van der Waals surface area contributed by atoms with Gasteiger partial charge in [0.1, 0.15) is 13.6 Å². The first-order valence-electron chi connectivity index (χ1n) is 5.09. The third-order valence-electron chi connectivity index (χ3n) is 2.29. The van der Waals surface area contributed by atoms with Gasteiger partial charge >= 0.3 is 0 Å². The Hall–Kier alpha value is -0.900. The Morgan fingerprint density at radius 2 is 2.14 bits per heavy atom. The number of hydrogen-bond donors (Lipinski definition) is 1. The zero-order valence-corrected chi connectivity index (χ0v) is 9.44. The van der Waals surface area contributed by atoms with Crippen LogP contribution in [0.1, 0.15) is 32.4 Å². The molecule has 0 aliphatic heterocycles. The third-order valence-corrected chi connectivity index (χ3v) is 2.29. The molecule has 4 heteroatoms. The second-order valence-corrected chi connectivity index (χ2v) is 4.22. The molecule has 0 bridgehead atoms. The minimum Gasteiger partial charge on any atom is -0.396 e. The van der Waals surface area contributed by atoms with Gasteiger partial charge in [-0.1, -0.05) is 20.8 Å². The van der Waals surface area contributed by atoms with Crippen LogP contribution in [0.3, 0.4) is 0 Å². The van der Waals surface area contributed by atoms with Crippen molar-refractivity contribution in [3.05, 3.63) is 11.9 Å². The third kappa shape index (κ3) is 2.54. The lowest BCUT2D eigenvalue weighted by atomic mass is 10.2. The molecule has 0 saturated heterocycles. The Bertz CT molecular complexity index is 294. The van der Waals surface area contributed by atoms with Crippen LogP contribution in [0.4, 0.5) is 0 Å². The number of hydrogen-bond acceptors (Lipinski definition) is 2. The van der Waals surface area contributed by atoms with E-state index in [0.717, 1.165) is 12.2 Å². The summed E-state index contributed by atoms with van der Waals surface area (Å²) < 4.78 is 1.97. The molecule has 0 radical (unpaired) electrons. The zero-order valence-electron chi connectivity index (χ0n) is 9.44. The van der Waals surface area contributed by atoms with E-state index in [4.69, 9.17) is 5.11 Å². The fourth-order valence-electron chi connectivity index (χ4n) is 1.26. The van der Waals surface area contributed by atoms with Gasteiger partial charge in [-0.25, -0.2) is 0 Å². The smallest absolute Gasteiger partial charge is 0.221 e. The molecule has 0 aliphatic carbocycles. The summed E-state index contributed by atoms with van der Waals surface area (Å²) in [4.78, 5) is 1.90. The fourth-order valence-corrected chi connectivity index (χ4v) is 1.26. The van der Waals surface area contributed by atoms with Gasteiger partial charge in [0.05, 0.1) is 0 Å². The summed E-state index contributed by atoms with van der Waals surface area (Å²) >= 11 is 0. The van der Waals surface area contributed by atoms with Crippen LogP contribution < -0.4 is 4.68 Å². The monoisotopic (exact) mass is 198 g/mol. The number of nitrogens with zero attached hydrogens (tertiary/aromatic N) is 3. The Balaban J connectivity index is 2.77. The second-order valence-electron chi connectivity index (χ2n) is 4.22. The van der Waals surface area contributed by atoms with E-state index in [0.29, 0.717) is 5.92 Å². The molecule has 0 saturated carbocycles. The molecule has 1 atom stereocenters. The van der Waals surface area contributed by atoms with Gasteiger partial charge in [0.25, 0.3) is 0 Å². The first-order valence-corrected chi connectivity index (χ1v) is 5.09. The maximum absolute atomic E-state index is 8.95. The molecule has 1 N–H and O–H groups in total. The molecule has 0 amide bonds. The van der Waals surface area contributed by atoms with Gasteiger partial charge in [0.2, 0.25) is 5.69 Å². The summed E-state index contributed by atoms with van der Waals surface area (Å²) in [5.41, 5.74) is 1.10. The van der Waals surface area contributed by atoms with Crippen molar-refractivity contribution in [1.82, 2.24) is 9.90 Å². The first kappa shape index (κ1) is 11.2. The van der Waals surface area contributed by atoms with Gasteiger partial charge in [-0.2, -0.15) is 4.68 Å². The van der Waals surface area contributed by atoms with Crippen LogP contribution in [0.5, 0.6) is 0 Å². The second kappa shape index (κ2) is 4.55. The molecule has 1 rings (SSSR count). The van der Waals surface area contributed by atoms with Crippen LogP contribution in [0.15, 0.2) is 6.20 Å². The van der Waals surface area contributed by atoms with Gasteiger partial charge in [0.15, 0.2) is 6.20 Å². The normalized spacial score (nSPS) is 13.6. The highest BCUT2D eigenvalue weighted by molar-refractivity contribution is 4.94. The Labute approximate surface area is 85.2 Å². The zero-order chi connectivity index (χ0) is 10.7. The molecular formula is C10H20N3O+. The molecule has 4 nitrogen and oxygen atoms in total. The minimum atomic E-state index is 0.205. The number of aliphatic hydroxyl groups is 1. The summed E-state index contributed by atoms with van der Waals surface area (Å²) in [5, 5.41) is 13.4. The summed E-state index contributed by atoms with van der Waals surface area (Å²) in [6, 6.07) is 0. The van der Waals surface area contributed by atoms with E-state index in [2.05, 4.69) is 18.9 Å². The summed E-state index contributed by atoms with van der Waals surface area (Å²) in [5.74, 6) is 0.702. The van der Waals surface area contributed by atoms with Crippen molar-refractivity contribution in [1.29, 1.82) is 0 Å². The molecule has 0 aromatic carbocycles. The minimum absolute atomic E-state index is 0.205. The maximum Gasteiger partial charge on any atom is 0.221 e. The lowest BCUT2D eigenvalue weighted by Gasteiger charge is -2.03. The lowest BCUT2D eigenvalue weighted by molar-refractivity contribution is -0.759. The van der Waals surface area contributed by atoms with E-state index >= 15 is 0 Å². The van der Waals surface area contributed by atoms with Crippen molar-refractivity contribution in [2.45, 2.75) is 33.2 Å². The van der Waals surface area contributed by atoms with E-state index in [1.165, 1.54) is 0 Å². The fraction of sp³-hybridized carbons (Fsp3) is 0.800. The van der Waals surface area contributed by atoms with Crippen LogP contribution >= 0.6 is 0 Å². The van der Waals surface area contributed by atoms with E-state index in [-0.39, 0.29) is 12.5 Å². The first-order chi connectivity index (χ1) is 6.54. The van der Waals surface area contributed by atoms with Crippen LogP contribution in [0.25, 0.3) is 0 Å². The van der Waals surface area contributed by atoms with Crippen LogP contribution in [0.2, 0.25) is 0 Å². The molecule has 1 aromatic heterocycles. The predicted molar refractivity (Wildman–Crippen MR) is 53.7 cm³/mol. The standard InChI is InChI=1S/C10H20N3O/c1-8(2)10-6-12(4)13(11-10)5-9(3)7-14/h6,8-9,14H,5,7H2,1-4H3/q+1. The lowest BCUT2D eigenvalue weighted by Crippen LogP contribution is -2.40. The van der Waals surface area contributed by atoms with Crippen LogP contribution in [0, 0.1) is 5.92 Å². The molecule has 0 fully saturated rings. The quantitative estimate of drug-likeness (QED) is 0.714. The summed E-state index contributed by atoms with van der Waals surface area (Å²) in [6.45, 7) is 7.23. The molecule has 1 unspecified atom stereocenters. The highest BCUT2D eigenvalue weighted by Crippen LogP contribution is 2.08. The van der Waals surface area contributed by atoms with E-state index in [1.807, 2.05) is 29.6 Å². The van der Waals surface area contributed by atoms with Gasteiger partial charge in [-0.05, 0) is 4.80 Å². The van der Waals surface area contributed by atoms with Gasteiger partial charge < -0.3 is 5.11 Å². The molecule has 0 aliphatic rings. The molecule has 14 heavy (non-hydrogen) atoms. The average molecular weight is 198 g/mol. The van der Waals surface area contributed by atoms with Gasteiger partial charge in [-0.15, -0.1) is 0 Å². The highest BCUT2D eigenvalue weighted by atomic mass is 16.3. The maximum atomic E-state index is 8.95. The number of aromatic nitrogens is 3. The van der Waals surface area contributed by atoms with Crippen molar-refractivity contribution in [3.8, 4) is 0 Å². The highest BCUT2D eigenvalue weighted by Gasteiger charge is 2.17. The van der Waals surface area contributed by atoms with Crippen molar-refractivity contribution >= 4 is 0 Å². The molecular weight excluding hydrogens is 178 g/mol. The van der Waals surface area contributed by atoms with E-state index in [9.17, 15) is 0 Å². The average Bonchev–Trinajstić information content (AvgIpc) is 2.48. The largest absolute Gasteiger partial charge is 0.396 e. The van der Waals surface area contributed by atoms with Crippen LogP contribution in [-0.4, -0.2) is 21.6 Å². The Morgan fingerprint density at radius 3 is 2.57 bits per heavy atom. The molecule has 80 valence electrons. The Kier molecular flexibility index (Phi) is 3.63. The number of rotatable bonds is 4. The summed E-state index contributed by atoms with van der Waals surface area (Å²) in [6.07, 6.45) is 2.04. The Morgan fingerprint density at radius 1 is 1.50 bits per heavy atom. The van der Waals surface area contributed by atoms with Crippen molar-refractivity contribution in [2.24, 2.45) is 13.0 Å². The van der Waals surface area contributed by atoms with Crippen molar-refractivity contribution in [3.63, 3.8) is 0 Å². The predicted octanol–water partition coefficient (Wildman–Crippen LogP) is 0.459. The SMILES string of the molecule is CC(CO)Cn1nc(C(C)C)c[n+]1C. The molecule has 1 heterocycles.